The third kappa shape index (κ3) is 3.19. The average Bonchev–Trinajstić information content (AvgIpc) is 2.76. The molecule has 0 spiro atoms. The van der Waals surface area contributed by atoms with E-state index in [4.69, 9.17) is 5.73 Å². The SMILES string of the molecule is CC(CCNC(=O)c1sc2ccccc2c1N)S(C)=O. The van der Waals surface area contributed by atoms with Crippen LogP contribution in [-0.2, 0) is 10.8 Å². The quantitative estimate of drug-likeness (QED) is 0.890. The van der Waals surface area contributed by atoms with Gasteiger partial charge in [-0.2, -0.15) is 0 Å². The van der Waals surface area contributed by atoms with Crippen LogP contribution >= 0.6 is 11.3 Å². The zero-order valence-electron chi connectivity index (χ0n) is 11.5. The molecule has 0 bridgehead atoms. The molecule has 1 aromatic carbocycles. The first-order chi connectivity index (χ1) is 9.50. The Hall–Kier alpha value is -1.40. The molecule has 1 aromatic heterocycles. The zero-order chi connectivity index (χ0) is 14.7. The summed E-state index contributed by atoms with van der Waals surface area (Å²) in [5.74, 6) is -0.155. The Balaban J connectivity index is 2.04. The molecule has 4 nitrogen and oxygen atoms in total. The fourth-order valence-corrected chi connectivity index (χ4v) is 3.36. The second-order valence-electron chi connectivity index (χ2n) is 4.69. The van der Waals surface area contributed by atoms with E-state index in [1.807, 2.05) is 31.2 Å². The number of anilines is 1. The molecule has 0 aliphatic rings. The zero-order valence-corrected chi connectivity index (χ0v) is 13.1. The smallest absolute Gasteiger partial charge is 0.263 e. The number of hydrogen-bond donors (Lipinski definition) is 2. The summed E-state index contributed by atoms with van der Waals surface area (Å²) in [4.78, 5) is 12.7. The van der Waals surface area contributed by atoms with Crippen LogP contribution in [0.25, 0.3) is 10.1 Å². The van der Waals surface area contributed by atoms with Gasteiger partial charge in [-0.1, -0.05) is 25.1 Å². The number of thiophene rings is 1. The summed E-state index contributed by atoms with van der Waals surface area (Å²) in [6, 6.07) is 7.71. The highest BCUT2D eigenvalue weighted by Gasteiger charge is 2.16. The largest absolute Gasteiger partial charge is 0.397 e. The van der Waals surface area contributed by atoms with Gasteiger partial charge in [-0.3, -0.25) is 9.00 Å². The van der Waals surface area contributed by atoms with Crippen LogP contribution in [0.2, 0.25) is 0 Å². The van der Waals surface area contributed by atoms with E-state index in [9.17, 15) is 9.00 Å². The number of nitrogens with two attached hydrogens (primary N) is 1. The Morgan fingerprint density at radius 1 is 1.45 bits per heavy atom. The van der Waals surface area contributed by atoms with Gasteiger partial charge in [-0.25, -0.2) is 0 Å². The van der Waals surface area contributed by atoms with Crippen LogP contribution in [0.3, 0.4) is 0 Å². The van der Waals surface area contributed by atoms with Crippen molar-refractivity contribution in [2.24, 2.45) is 0 Å². The van der Waals surface area contributed by atoms with Crippen molar-refractivity contribution < 1.29 is 9.00 Å². The molecular weight excluding hydrogens is 292 g/mol. The standard InChI is InChI=1S/C14H18N2O2S2/c1-9(20(2)18)7-8-16-14(17)13-12(15)10-5-3-4-6-11(10)19-13/h3-6,9H,7-8,15H2,1-2H3,(H,16,17). The van der Waals surface area contributed by atoms with Gasteiger partial charge < -0.3 is 11.1 Å². The first-order valence-electron chi connectivity index (χ1n) is 6.38. The van der Waals surface area contributed by atoms with Crippen LogP contribution in [0.15, 0.2) is 24.3 Å². The summed E-state index contributed by atoms with van der Waals surface area (Å²) in [6.07, 6.45) is 2.37. The number of rotatable bonds is 5. The lowest BCUT2D eigenvalue weighted by atomic mass is 10.2. The molecule has 1 heterocycles. The van der Waals surface area contributed by atoms with Crippen LogP contribution in [0, 0.1) is 0 Å². The van der Waals surface area contributed by atoms with E-state index in [0.29, 0.717) is 23.5 Å². The van der Waals surface area contributed by atoms with Gasteiger partial charge in [0.25, 0.3) is 5.91 Å². The summed E-state index contributed by atoms with van der Waals surface area (Å²) in [5, 5.41) is 3.84. The minimum atomic E-state index is -0.860. The molecule has 0 fully saturated rings. The van der Waals surface area contributed by atoms with Gasteiger partial charge >= 0.3 is 0 Å². The van der Waals surface area contributed by atoms with E-state index >= 15 is 0 Å². The number of hydrogen-bond acceptors (Lipinski definition) is 4. The van der Waals surface area contributed by atoms with Crippen molar-refractivity contribution in [2.75, 3.05) is 18.5 Å². The highest BCUT2D eigenvalue weighted by molar-refractivity contribution is 7.84. The van der Waals surface area contributed by atoms with Crippen molar-refractivity contribution in [3.63, 3.8) is 0 Å². The molecule has 2 aromatic rings. The Morgan fingerprint density at radius 3 is 2.80 bits per heavy atom. The Kier molecular flexibility index (Phi) is 4.77. The van der Waals surface area contributed by atoms with E-state index in [-0.39, 0.29) is 11.2 Å². The Labute approximate surface area is 124 Å². The van der Waals surface area contributed by atoms with Crippen molar-refractivity contribution >= 4 is 43.8 Å². The lowest BCUT2D eigenvalue weighted by molar-refractivity contribution is 0.0958. The monoisotopic (exact) mass is 310 g/mol. The number of amides is 1. The number of nitrogens with one attached hydrogen (secondary N) is 1. The lowest BCUT2D eigenvalue weighted by Gasteiger charge is -2.08. The molecule has 0 saturated heterocycles. The number of benzene rings is 1. The molecule has 2 rings (SSSR count). The highest BCUT2D eigenvalue weighted by Crippen LogP contribution is 2.33. The molecule has 20 heavy (non-hydrogen) atoms. The minimum Gasteiger partial charge on any atom is -0.397 e. The van der Waals surface area contributed by atoms with Gasteiger partial charge in [0.15, 0.2) is 0 Å². The van der Waals surface area contributed by atoms with Gasteiger partial charge in [0.2, 0.25) is 0 Å². The van der Waals surface area contributed by atoms with E-state index in [0.717, 1.165) is 10.1 Å². The third-order valence-electron chi connectivity index (χ3n) is 3.24. The van der Waals surface area contributed by atoms with E-state index in [1.54, 1.807) is 6.26 Å². The molecule has 0 aliphatic carbocycles. The topological polar surface area (TPSA) is 72.2 Å². The average molecular weight is 310 g/mol. The minimum absolute atomic E-state index is 0.0788. The van der Waals surface area contributed by atoms with Crippen LogP contribution in [0.5, 0.6) is 0 Å². The first-order valence-corrected chi connectivity index (χ1v) is 8.82. The molecule has 0 aliphatic heterocycles. The highest BCUT2D eigenvalue weighted by atomic mass is 32.2. The fourth-order valence-electron chi connectivity index (χ4n) is 1.87. The Morgan fingerprint density at radius 2 is 2.15 bits per heavy atom. The molecule has 1 amide bonds. The maximum atomic E-state index is 12.1. The van der Waals surface area contributed by atoms with E-state index in [2.05, 4.69) is 5.32 Å². The molecule has 0 saturated carbocycles. The fraction of sp³-hybridized carbons (Fsp3) is 0.357. The molecule has 0 radical (unpaired) electrons. The number of carbonyl (C=O) groups is 1. The molecule has 6 heteroatoms. The summed E-state index contributed by atoms with van der Waals surface area (Å²) < 4.78 is 12.3. The van der Waals surface area contributed by atoms with Crippen molar-refractivity contribution in [1.82, 2.24) is 5.32 Å². The van der Waals surface area contributed by atoms with Crippen LogP contribution in [0.4, 0.5) is 5.69 Å². The lowest BCUT2D eigenvalue weighted by Crippen LogP contribution is -2.27. The van der Waals surface area contributed by atoms with Gasteiger partial charge in [-0.15, -0.1) is 11.3 Å². The summed E-state index contributed by atoms with van der Waals surface area (Å²) in [5.41, 5.74) is 6.56. The number of carbonyl (C=O) groups excluding carboxylic acids is 1. The Bertz CT molecular complexity index is 652. The third-order valence-corrected chi connectivity index (χ3v) is 5.80. The van der Waals surface area contributed by atoms with Crippen molar-refractivity contribution in [3.8, 4) is 0 Å². The normalized spacial score (nSPS) is 14.1. The van der Waals surface area contributed by atoms with Crippen molar-refractivity contribution in [1.29, 1.82) is 0 Å². The molecule has 3 N–H and O–H groups in total. The van der Waals surface area contributed by atoms with E-state index in [1.165, 1.54) is 11.3 Å². The number of fused-ring (bicyclic) bond motifs is 1. The van der Waals surface area contributed by atoms with E-state index < -0.39 is 10.8 Å². The van der Waals surface area contributed by atoms with Gasteiger partial charge in [0.05, 0.1) is 5.69 Å². The molecule has 2 atom stereocenters. The van der Waals surface area contributed by atoms with Crippen LogP contribution in [-0.4, -0.2) is 28.2 Å². The van der Waals surface area contributed by atoms with Crippen molar-refractivity contribution in [3.05, 3.63) is 29.1 Å². The maximum Gasteiger partial charge on any atom is 0.263 e. The molecular formula is C14H18N2O2S2. The van der Waals surface area contributed by atoms with Gasteiger partial charge in [-0.05, 0) is 12.5 Å². The molecule has 108 valence electrons. The van der Waals surface area contributed by atoms with Gasteiger partial charge in [0.1, 0.15) is 4.88 Å². The second kappa shape index (κ2) is 6.37. The summed E-state index contributed by atoms with van der Waals surface area (Å²) in [6.45, 7) is 2.42. The molecule has 2 unspecified atom stereocenters. The maximum absolute atomic E-state index is 12.1. The predicted molar refractivity (Wildman–Crippen MR) is 86.7 cm³/mol. The van der Waals surface area contributed by atoms with Crippen LogP contribution in [0.1, 0.15) is 23.0 Å². The predicted octanol–water partition coefficient (Wildman–Crippen LogP) is 2.37. The van der Waals surface area contributed by atoms with Crippen molar-refractivity contribution in [2.45, 2.75) is 18.6 Å². The van der Waals surface area contributed by atoms with Gasteiger partial charge in [0, 0.05) is 38.9 Å². The summed E-state index contributed by atoms with van der Waals surface area (Å²) in [7, 11) is -0.860. The number of nitrogen functional groups attached to an aromatic ring is 1. The summed E-state index contributed by atoms with van der Waals surface area (Å²) >= 11 is 1.40. The van der Waals surface area contributed by atoms with Crippen LogP contribution < -0.4 is 11.1 Å². The second-order valence-corrected chi connectivity index (χ2v) is 7.55. The first kappa shape index (κ1) is 15.0.